The van der Waals surface area contributed by atoms with Gasteiger partial charge in [0.15, 0.2) is 5.96 Å². The van der Waals surface area contributed by atoms with E-state index in [4.69, 9.17) is 9.73 Å². The van der Waals surface area contributed by atoms with E-state index in [9.17, 15) is 9.90 Å². The Kier molecular flexibility index (Phi) is 11.7. The molecular formula is C24H39IN4O3. The van der Waals surface area contributed by atoms with E-state index in [1.807, 2.05) is 24.3 Å². The van der Waals surface area contributed by atoms with Crippen LogP contribution in [0.5, 0.6) is 0 Å². The van der Waals surface area contributed by atoms with Crippen LogP contribution in [0.3, 0.4) is 0 Å². The van der Waals surface area contributed by atoms with Crippen molar-refractivity contribution in [1.29, 1.82) is 0 Å². The van der Waals surface area contributed by atoms with Gasteiger partial charge in [0.2, 0.25) is 0 Å². The minimum Gasteiger partial charge on any atom is -0.396 e. The summed E-state index contributed by atoms with van der Waals surface area (Å²) in [5.74, 6) is 0.717. The molecule has 1 aliphatic carbocycles. The van der Waals surface area contributed by atoms with Crippen LogP contribution in [0.4, 0.5) is 5.69 Å². The fourth-order valence-corrected chi connectivity index (χ4v) is 4.59. The van der Waals surface area contributed by atoms with Crippen LogP contribution < -0.4 is 16.0 Å². The molecule has 0 bridgehead atoms. The molecule has 1 aliphatic heterocycles. The van der Waals surface area contributed by atoms with Crippen LogP contribution in [0.2, 0.25) is 0 Å². The zero-order chi connectivity index (χ0) is 21.9. The number of ether oxygens (including phenoxy) is 1. The molecule has 3 rings (SSSR count). The number of nitrogens with zero attached hydrogens (tertiary/aromatic N) is 1. The number of aliphatic hydroxyl groups is 1. The number of benzene rings is 1. The van der Waals surface area contributed by atoms with Gasteiger partial charge < -0.3 is 25.8 Å². The molecule has 8 heteroatoms. The summed E-state index contributed by atoms with van der Waals surface area (Å²) in [6, 6.07) is 7.82. The van der Waals surface area contributed by atoms with Crippen LogP contribution in [0.1, 0.15) is 63.9 Å². The zero-order valence-electron chi connectivity index (χ0n) is 19.2. The van der Waals surface area contributed by atoms with Gasteiger partial charge in [0.25, 0.3) is 5.91 Å². The van der Waals surface area contributed by atoms with E-state index in [2.05, 4.69) is 22.9 Å². The number of guanidine groups is 1. The molecule has 0 spiro atoms. The largest absolute Gasteiger partial charge is 0.396 e. The molecule has 1 amide bonds. The van der Waals surface area contributed by atoms with Crippen LogP contribution in [0.15, 0.2) is 29.3 Å². The van der Waals surface area contributed by atoms with E-state index >= 15 is 0 Å². The second-order valence-corrected chi connectivity index (χ2v) is 8.77. The average molecular weight is 559 g/mol. The summed E-state index contributed by atoms with van der Waals surface area (Å²) in [5, 5.41) is 19.3. The highest BCUT2D eigenvalue weighted by atomic mass is 127. The van der Waals surface area contributed by atoms with E-state index < -0.39 is 0 Å². The predicted molar refractivity (Wildman–Crippen MR) is 139 cm³/mol. The number of aliphatic hydroxyl groups excluding tert-OH is 1. The molecule has 2 fully saturated rings. The Morgan fingerprint density at radius 2 is 2.03 bits per heavy atom. The number of amides is 1. The molecule has 4 N–H and O–H groups in total. The van der Waals surface area contributed by atoms with Crippen molar-refractivity contribution in [3.63, 3.8) is 0 Å². The Bertz CT molecular complexity index is 726. The number of hydrogen-bond donors (Lipinski definition) is 4. The Labute approximate surface area is 209 Å². The van der Waals surface area contributed by atoms with Crippen molar-refractivity contribution in [1.82, 2.24) is 10.6 Å². The van der Waals surface area contributed by atoms with Gasteiger partial charge in [0, 0.05) is 32.0 Å². The van der Waals surface area contributed by atoms with E-state index in [0.29, 0.717) is 13.2 Å². The SMILES string of the molecule is CCNC(=NCc1cccc(NC(=O)C2CCCO2)c1)NCC1(CCO)CCCCC1.I. The average Bonchev–Trinajstić information content (AvgIpc) is 3.32. The van der Waals surface area contributed by atoms with Gasteiger partial charge >= 0.3 is 0 Å². The monoisotopic (exact) mass is 558 g/mol. The Balaban J connectivity index is 0.00000363. The summed E-state index contributed by atoms with van der Waals surface area (Å²) in [5.41, 5.74) is 1.97. The van der Waals surface area contributed by atoms with E-state index in [-0.39, 0.29) is 48.0 Å². The lowest BCUT2D eigenvalue weighted by Gasteiger charge is -2.37. The van der Waals surface area contributed by atoms with Crippen molar-refractivity contribution in [2.75, 3.05) is 31.6 Å². The molecule has 180 valence electrons. The second kappa shape index (κ2) is 14.0. The fourth-order valence-electron chi connectivity index (χ4n) is 4.59. The molecule has 0 aromatic heterocycles. The highest BCUT2D eigenvalue weighted by Crippen LogP contribution is 2.38. The third-order valence-electron chi connectivity index (χ3n) is 6.37. The summed E-state index contributed by atoms with van der Waals surface area (Å²) in [6.07, 6.45) is 8.31. The molecule has 1 aromatic rings. The van der Waals surface area contributed by atoms with Crippen LogP contribution in [0, 0.1) is 5.41 Å². The van der Waals surface area contributed by atoms with E-state index in [1.54, 1.807) is 0 Å². The number of nitrogens with one attached hydrogen (secondary N) is 3. The molecule has 1 atom stereocenters. The van der Waals surface area contributed by atoms with Crippen LogP contribution in [-0.4, -0.2) is 49.4 Å². The third kappa shape index (κ3) is 8.19. The molecular weight excluding hydrogens is 519 g/mol. The summed E-state index contributed by atoms with van der Waals surface area (Å²) in [4.78, 5) is 17.0. The molecule has 7 nitrogen and oxygen atoms in total. The molecule has 1 heterocycles. The van der Waals surface area contributed by atoms with Crippen LogP contribution >= 0.6 is 24.0 Å². The first-order chi connectivity index (χ1) is 15.1. The number of anilines is 1. The molecule has 2 aliphatic rings. The standard InChI is InChI=1S/C24H38N4O3.HI/c1-2-25-23(27-18-24(13-14-29)11-4-3-5-12-24)26-17-19-8-6-9-20(16-19)28-22(30)21-10-7-15-31-21;/h6,8-9,16,21,29H,2-5,7,10-15,17-18H2,1H3,(H,28,30)(H2,25,26,27);1H. The molecule has 32 heavy (non-hydrogen) atoms. The molecule has 1 saturated carbocycles. The van der Waals surface area contributed by atoms with Crippen LogP contribution in [-0.2, 0) is 16.1 Å². The van der Waals surface area contributed by atoms with Gasteiger partial charge in [-0.25, -0.2) is 4.99 Å². The lowest BCUT2D eigenvalue weighted by Crippen LogP contribution is -2.44. The first-order valence-corrected chi connectivity index (χ1v) is 11.8. The number of aliphatic imine (C=N–C) groups is 1. The quantitative estimate of drug-likeness (QED) is 0.210. The van der Waals surface area contributed by atoms with Crippen molar-refractivity contribution in [3.05, 3.63) is 29.8 Å². The van der Waals surface area contributed by atoms with Crippen LogP contribution in [0.25, 0.3) is 0 Å². The topological polar surface area (TPSA) is 95.0 Å². The highest BCUT2D eigenvalue weighted by molar-refractivity contribution is 14.0. The minimum absolute atomic E-state index is 0. The molecule has 0 radical (unpaired) electrons. The van der Waals surface area contributed by atoms with Gasteiger partial charge in [-0.15, -0.1) is 24.0 Å². The first-order valence-electron chi connectivity index (χ1n) is 11.8. The fraction of sp³-hybridized carbons (Fsp3) is 0.667. The number of halogens is 1. The van der Waals surface area contributed by atoms with Gasteiger partial charge in [-0.3, -0.25) is 4.79 Å². The Hall–Kier alpha value is -1.39. The number of carbonyl (C=O) groups is 1. The number of rotatable bonds is 9. The van der Waals surface area contributed by atoms with E-state index in [0.717, 1.165) is 62.4 Å². The maximum atomic E-state index is 12.3. The second-order valence-electron chi connectivity index (χ2n) is 8.77. The highest BCUT2D eigenvalue weighted by Gasteiger charge is 2.31. The van der Waals surface area contributed by atoms with Crippen molar-refractivity contribution >= 4 is 41.5 Å². The van der Waals surface area contributed by atoms with Gasteiger partial charge in [-0.2, -0.15) is 0 Å². The normalized spacial score (nSPS) is 20.3. The summed E-state index contributed by atoms with van der Waals surface area (Å²) in [7, 11) is 0. The van der Waals surface area contributed by atoms with Crippen molar-refractivity contribution in [2.24, 2.45) is 10.4 Å². The van der Waals surface area contributed by atoms with Gasteiger partial charge in [0.1, 0.15) is 6.10 Å². The maximum absolute atomic E-state index is 12.3. The molecule has 1 aromatic carbocycles. The summed E-state index contributed by atoms with van der Waals surface area (Å²) in [6.45, 7) is 5.09. The van der Waals surface area contributed by atoms with Crippen molar-refractivity contribution < 1.29 is 14.6 Å². The first kappa shape index (κ1) is 26.9. The lowest BCUT2D eigenvalue weighted by atomic mass is 9.72. The zero-order valence-corrected chi connectivity index (χ0v) is 21.5. The van der Waals surface area contributed by atoms with Gasteiger partial charge in [-0.05, 0) is 62.1 Å². The number of carbonyl (C=O) groups excluding carboxylic acids is 1. The van der Waals surface area contributed by atoms with Gasteiger partial charge in [0.05, 0.1) is 6.54 Å². The lowest BCUT2D eigenvalue weighted by molar-refractivity contribution is -0.124. The Morgan fingerprint density at radius 1 is 1.22 bits per heavy atom. The smallest absolute Gasteiger partial charge is 0.253 e. The van der Waals surface area contributed by atoms with Crippen molar-refractivity contribution in [2.45, 2.75) is 70.9 Å². The predicted octanol–water partition coefficient (Wildman–Crippen LogP) is 3.81. The minimum atomic E-state index is -0.336. The van der Waals surface area contributed by atoms with Gasteiger partial charge in [-0.1, -0.05) is 31.4 Å². The van der Waals surface area contributed by atoms with E-state index in [1.165, 1.54) is 19.3 Å². The summed E-state index contributed by atoms with van der Waals surface area (Å²) < 4.78 is 5.46. The number of hydrogen-bond acceptors (Lipinski definition) is 4. The maximum Gasteiger partial charge on any atom is 0.253 e. The van der Waals surface area contributed by atoms with Crippen molar-refractivity contribution in [3.8, 4) is 0 Å². The molecule has 1 saturated heterocycles. The Morgan fingerprint density at radius 3 is 2.72 bits per heavy atom. The summed E-state index contributed by atoms with van der Waals surface area (Å²) >= 11 is 0. The third-order valence-corrected chi connectivity index (χ3v) is 6.37. The molecule has 1 unspecified atom stereocenters.